The van der Waals surface area contributed by atoms with Crippen LogP contribution in [-0.4, -0.2) is 4.68 Å². The van der Waals surface area contributed by atoms with Crippen LogP contribution in [0.2, 0.25) is 0 Å². The predicted octanol–water partition coefficient (Wildman–Crippen LogP) is 2.54. The fourth-order valence-corrected chi connectivity index (χ4v) is 1.40. The molecule has 0 saturated carbocycles. The van der Waals surface area contributed by atoms with Crippen LogP contribution in [0.3, 0.4) is 0 Å². The summed E-state index contributed by atoms with van der Waals surface area (Å²) in [5.41, 5.74) is 5.74. The van der Waals surface area contributed by atoms with E-state index in [9.17, 15) is 0 Å². The molecule has 0 fully saturated rings. The number of aryl methyl sites for hydroxylation is 1. The van der Waals surface area contributed by atoms with Crippen molar-refractivity contribution < 1.29 is 0 Å². The van der Waals surface area contributed by atoms with E-state index in [4.69, 9.17) is 5.26 Å². The topological polar surface area (TPSA) is 40.8 Å². The van der Waals surface area contributed by atoms with Gasteiger partial charge in [-0.25, -0.2) is 0 Å². The Morgan fingerprint density at radius 1 is 1.27 bits per heavy atom. The molecule has 0 atom stereocenters. The van der Waals surface area contributed by atoms with E-state index in [-0.39, 0.29) is 0 Å². The Morgan fingerprint density at radius 3 is 2.67 bits per heavy atom. The molecule has 0 aliphatic carbocycles. The van der Waals surface area contributed by atoms with E-state index in [1.807, 2.05) is 54.3 Å². The van der Waals surface area contributed by atoms with E-state index in [1.54, 1.807) is 0 Å². The first-order valence-corrected chi connectivity index (χ1v) is 4.70. The molecule has 15 heavy (non-hydrogen) atoms. The van der Waals surface area contributed by atoms with Crippen molar-refractivity contribution in [2.45, 2.75) is 6.92 Å². The zero-order valence-electron chi connectivity index (χ0n) is 8.44. The Labute approximate surface area is 88.6 Å². The maximum absolute atomic E-state index is 8.94. The zero-order chi connectivity index (χ0) is 10.7. The van der Waals surface area contributed by atoms with Crippen molar-refractivity contribution in [3.63, 3.8) is 0 Å². The summed E-state index contributed by atoms with van der Waals surface area (Å²) in [6.07, 6.45) is 3.78. The summed E-state index contributed by atoms with van der Waals surface area (Å²) in [5, 5.41) is 8.94. The quantitative estimate of drug-likeness (QED) is 0.803. The Bertz CT molecular complexity index is 492. The van der Waals surface area contributed by atoms with Crippen LogP contribution < -0.4 is 5.43 Å². The maximum atomic E-state index is 8.94. The molecule has 0 saturated heterocycles. The highest BCUT2D eigenvalue weighted by atomic mass is 15.4. The molecule has 0 aliphatic rings. The average Bonchev–Trinajstić information content (AvgIpc) is 2.71. The van der Waals surface area contributed by atoms with Crippen molar-refractivity contribution in [2.75, 3.05) is 5.43 Å². The van der Waals surface area contributed by atoms with Crippen molar-refractivity contribution in [1.29, 1.82) is 5.26 Å². The Hall–Kier alpha value is -2.21. The largest absolute Gasteiger partial charge is 0.294 e. The van der Waals surface area contributed by atoms with Crippen LogP contribution in [-0.2, 0) is 0 Å². The van der Waals surface area contributed by atoms with Gasteiger partial charge in [0.05, 0.1) is 11.3 Å². The monoisotopic (exact) mass is 197 g/mol. The number of anilines is 1. The van der Waals surface area contributed by atoms with Crippen LogP contribution in [0.25, 0.3) is 0 Å². The fourth-order valence-electron chi connectivity index (χ4n) is 1.40. The second-order valence-electron chi connectivity index (χ2n) is 3.36. The average molecular weight is 197 g/mol. The van der Waals surface area contributed by atoms with Gasteiger partial charge in [-0.15, -0.1) is 0 Å². The third-order valence-corrected chi connectivity index (χ3v) is 2.15. The third-order valence-electron chi connectivity index (χ3n) is 2.15. The number of hydrogen-bond acceptors (Lipinski definition) is 2. The van der Waals surface area contributed by atoms with E-state index >= 15 is 0 Å². The summed E-state index contributed by atoms with van der Waals surface area (Å²) in [6, 6.07) is 11.7. The highest BCUT2D eigenvalue weighted by Gasteiger charge is 2.01. The van der Waals surface area contributed by atoms with Gasteiger partial charge < -0.3 is 0 Å². The number of rotatable bonds is 2. The SMILES string of the molecule is Cc1ccc(C#N)c(Nn2cccc2)c1. The molecule has 1 N–H and O–H groups in total. The fraction of sp³-hybridized carbons (Fsp3) is 0.0833. The van der Waals surface area contributed by atoms with Gasteiger partial charge >= 0.3 is 0 Å². The first kappa shape index (κ1) is 9.35. The van der Waals surface area contributed by atoms with Crippen LogP contribution in [0.1, 0.15) is 11.1 Å². The lowest BCUT2D eigenvalue weighted by Crippen LogP contribution is -2.07. The summed E-state index contributed by atoms with van der Waals surface area (Å²) < 4.78 is 1.82. The summed E-state index contributed by atoms with van der Waals surface area (Å²) >= 11 is 0. The van der Waals surface area contributed by atoms with E-state index < -0.39 is 0 Å². The van der Waals surface area contributed by atoms with Crippen molar-refractivity contribution in [1.82, 2.24) is 4.68 Å². The summed E-state index contributed by atoms with van der Waals surface area (Å²) in [6.45, 7) is 2.00. The van der Waals surface area contributed by atoms with Crippen LogP contribution in [0.4, 0.5) is 5.69 Å². The number of benzene rings is 1. The number of nitrogens with zero attached hydrogens (tertiary/aromatic N) is 2. The van der Waals surface area contributed by atoms with Crippen molar-refractivity contribution in [3.05, 3.63) is 53.9 Å². The van der Waals surface area contributed by atoms with Gasteiger partial charge in [0.1, 0.15) is 6.07 Å². The zero-order valence-corrected chi connectivity index (χ0v) is 8.44. The molecule has 0 aliphatic heterocycles. The normalized spacial score (nSPS) is 9.60. The molecule has 3 nitrogen and oxygen atoms in total. The van der Waals surface area contributed by atoms with Crippen LogP contribution in [0.15, 0.2) is 42.7 Å². The van der Waals surface area contributed by atoms with E-state index in [0.29, 0.717) is 5.56 Å². The number of aromatic nitrogens is 1. The van der Waals surface area contributed by atoms with Crippen LogP contribution in [0, 0.1) is 18.3 Å². The van der Waals surface area contributed by atoms with Crippen LogP contribution in [0.5, 0.6) is 0 Å². The lowest BCUT2D eigenvalue weighted by molar-refractivity contribution is 0.969. The third kappa shape index (κ3) is 2.00. The minimum absolute atomic E-state index is 0.648. The van der Waals surface area contributed by atoms with Gasteiger partial charge in [-0.05, 0) is 36.8 Å². The second-order valence-corrected chi connectivity index (χ2v) is 3.36. The first-order chi connectivity index (χ1) is 7.29. The lowest BCUT2D eigenvalue weighted by atomic mass is 10.1. The molecule has 3 heteroatoms. The standard InChI is InChI=1S/C12H11N3/c1-10-4-5-11(9-13)12(8-10)14-15-6-2-3-7-15/h2-8,14H,1H3. The number of hydrogen-bond donors (Lipinski definition) is 1. The summed E-state index contributed by atoms with van der Waals surface area (Å²) in [7, 11) is 0. The molecule has 0 unspecified atom stereocenters. The van der Waals surface area contributed by atoms with Crippen molar-refractivity contribution >= 4 is 5.69 Å². The minimum Gasteiger partial charge on any atom is -0.294 e. The van der Waals surface area contributed by atoms with Gasteiger partial charge in [0.2, 0.25) is 0 Å². The molecule has 1 aromatic carbocycles. The van der Waals surface area contributed by atoms with Crippen molar-refractivity contribution in [3.8, 4) is 6.07 Å². The van der Waals surface area contributed by atoms with Gasteiger partial charge in [0.25, 0.3) is 0 Å². The Kier molecular flexibility index (Phi) is 2.42. The molecule has 0 radical (unpaired) electrons. The first-order valence-electron chi connectivity index (χ1n) is 4.70. The molecule has 1 aromatic heterocycles. The number of nitriles is 1. The molecule has 2 rings (SSSR count). The predicted molar refractivity (Wildman–Crippen MR) is 59.3 cm³/mol. The molecule has 0 bridgehead atoms. The molecule has 0 amide bonds. The summed E-state index contributed by atoms with van der Waals surface area (Å²) in [4.78, 5) is 0. The molecule has 1 heterocycles. The van der Waals surface area contributed by atoms with Gasteiger partial charge in [-0.1, -0.05) is 6.07 Å². The highest BCUT2D eigenvalue weighted by molar-refractivity contribution is 5.58. The Balaban J connectivity index is 2.35. The smallest absolute Gasteiger partial charge is 0.101 e. The van der Waals surface area contributed by atoms with E-state index in [0.717, 1.165) is 11.3 Å². The van der Waals surface area contributed by atoms with E-state index in [1.165, 1.54) is 0 Å². The van der Waals surface area contributed by atoms with Crippen LogP contribution >= 0.6 is 0 Å². The maximum Gasteiger partial charge on any atom is 0.101 e. The number of nitrogens with one attached hydrogen (secondary N) is 1. The summed E-state index contributed by atoms with van der Waals surface area (Å²) in [5.74, 6) is 0. The van der Waals surface area contributed by atoms with Crippen molar-refractivity contribution in [2.24, 2.45) is 0 Å². The molecule has 2 aromatic rings. The van der Waals surface area contributed by atoms with Gasteiger partial charge in [-0.2, -0.15) is 5.26 Å². The van der Waals surface area contributed by atoms with Gasteiger partial charge in [0.15, 0.2) is 0 Å². The highest BCUT2D eigenvalue weighted by Crippen LogP contribution is 2.16. The molecular formula is C12H11N3. The molecular weight excluding hydrogens is 186 g/mol. The van der Waals surface area contributed by atoms with Gasteiger partial charge in [0, 0.05) is 12.4 Å². The molecule has 0 spiro atoms. The van der Waals surface area contributed by atoms with Gasteiger partial charge in [-0.3, -0.25) is 10.1 Å². The minimum atomic E-state index is 0.648. The Morgan fingerprint density at radius 2 is 2.00 bits per heavy atom. The molecule has 74 valence electrons. The van der Waals surface area contributed by atoms with E-state index in [2.05, 4.69) is 11.5 Å². The second kappa shape index (κ2) is 3.89. The lowest BCUT2D eigenvalue weighted by Gasteiger charge is -2.09.